The summed E-state index contributed by atoms with van der Waals surface area (Å²) in [6, 6.07) is 5.35. The Morgan fingerprint density at radius 2 is 2.25 bits per heavy atom. The first-order valence-corrected chi connectivity index (χ1v) is 6.75. The number of hydrogen-bond acceptors (Lipinski definition) is 4. The molecule has 0 aliphatic carbocycles. The monoisotopic (exact) mass is 238 g/mol. The Kier molecular flexibility index (Phi) is 2.40. The fraction of sp³-hybridized carbons (Fsp3) is 0.200. The summed E-state index contributed by atoms with van der Waals surface area (Å²) in [7, 11) is -1.15. The maximum absolute atomic E-state index is 11.9. The maximum atomic E-state index is 11.9. The van der Waals surface area contributed by atoms with Crippen molar-refractivity contribution in [1.29, 1.82) is 0 Å². The molecule has 1 atom stereocenters. The van der Waals surface area contributed by atoms with Crippen LogP contribution in [0.4, 0.5) is 5.69 Å². The van der Waals surface area contributed by atoms with Gasteiger partial charge in [0.05, 0.1) is 11.2 Å². The second-order valence-corrected chi connectivity index (χ2v) is 6.08. The summed E-state index contributed by atoms with van der Waals surface area (Å²) in [6.07, 6.45) is 3.18. The number of fused-ring (bicyclic) bond motifs is 1. The number of hydrogen-bond donors (Lipinski definition) is 0. The largest absolute Gasteiger partial charge is 0.758 e. The van der Waals surface area contributed by atoms with Crippen LogP contribution in [0.15, 0.2) is 29.4 Å². The van der Waals surface area contributed by atoms with Crippen LogP contribution in [0.3, 0.4) is 0 Å². The molecule has 2 rings (SSSR count). The Morgan fingerprint density at radius 3 is 2.81 bits per heavy atom. The summed E-state index contributed by atoms with van der Waals surface area (Å²) in [5.74, 6) is 3.57. The average molecular weight is 238 g/mol. The van der Waals surface area contributed by atoms with Crippen molar-refractivity contribution in [2.24, 2.45) is 0 Å². The molecule has 0 saturated carbocycles. The number of hydroxylamine groups is 1. The normalized spacial score (nSPS) is 14.9. The SMILES string of the molecule is C=S(C)(=O)c1nn2ccccc2c1N(C)[O-]. The highest BCUT2D eigenvalue weighted by molar-refractivity contribution is 7.99. The van der Waals surface area contributed by atoms with Crippen molar-refractivity contribution >= 4 is 26.6 Å². The van der Waals surface area contributed by atoms with Gasteiger partial charge in [-0.1, -0.05) is 6.07 Å². The van der Waals surface area contributed by atoms with Gasteiger partial charge in [-0.05, 0) is 25.1 Å². The van der Waals surface area contributed by atoms with E-state index in [4.69, 9.17) is 0 Å². The second kappa shape index (κ2) is 3.50. The van der Waals surface area contributed by atoms with Gasteiger partial charge in [0.15, 0.2) is 5.03 Å². The summed E-state index contributed by atoms with van der Waals surface area (Å²) >= 11 is 0. The third-order valence-corrected chi connectivity index (χ3v) is 3.30. The molecule has 0 fully saturated rings. The molecule has 5 nitrogen and oxygen atoms in total. The predicted octanol–water partition coefficient (Wildman–Crippen LogP) is 0.973. The Hall–Kier alpha value is -1.53. The van der Waals surface area contributed by atoms with Gasteiger partial charge in [-0.25, -0.2) is 4.52 Å². The van der Waals surface area contributed by atoms with E-state index in [1.165, 1.54) is 17.8 Å². The van der Waals surface area contributed by atoms with Crippen molar-refractivity contribution in [3.05, 3.63) is 29.6 Å². The lowest BCUT2D eigenvalue weighted by Crippen LogP contribution is -2.10. The molecule has 0 amide bonds. The Labute approximate surface area is 93.9 Å². The Balaban J connectivity index is 2.89. The molecule has 0 aliphatic rings. The van der Waals surface area contributed by atoms with E-state index >= 15 is 0 Å². The molecule has 0 aromatic carbocycles. The molecule has 0 radical (unpaired) electrons. The lowest BCUT2D eigenvalue weighted by atomic mass is 10.3. The van der Waals surface area contributed by atoms with Gasteiger partial charge in [0.1, 0.15) is 0 Å². The zero-order valence-corrected chi connectivity index (χ0v) is 9.90. The summed E-state index contributed by atoms with van der Waals surface area (Å²) < 4.78 is 13.5. The van der Waals surface area contributed by atoms with Crippen LogP contribution in [0.2, 0.25) is 0 Å². The van der Waals surface area contributed by atoms with Crippen molar-refractivity contribution in [2.45, 2.75) is 5.03 Å². The van der Waals surface area contributed by atoms with Crippen LogP contribution in [-0.2, 0) is 9.52 Å². The number of aromatic nitrogens is 2. The van der Waals surface area contributed by atoms with E-state index < -0.39 is 9.52 Å². The van der Waals surface area contributed by atoms with E-state index in [1.807, 2.05) is 0 Å². The number of anilines is 1. The highest BCUT2D eigenvalue weighted by Gasteiger charge is 2.16. The van der Waals surface area contributed by atoms with Gasteiger partial charge in [-0.2, -0.15) is 5.10 Å². The van der Waals surface area contributed by atoms with Crippen LogP contribution in [0, 0.1) is 5.21 Å². The molecule has 0 bridgehead atoms. The van der Waals surface area contributed by atoms with E-state index in [2.05, 4.69) is 11.0 Å². The fourth-order valence-corrected chi connectivity index (χ4v) is 2.45. The van der Waals surface area contributed by atoms with Crippen molar-refractivity contribution < 1.29 is 4.21 Å². The molecule has 1 unspecified atom stereocenters. The van der Waals surface area contributed by atoms with Gasteiger partial charge < -0.3 is 10.3 Å². The van der Waals surface area contributed by atoms with Crippen LogP contribution >= 0.6 is 0 Å². The first-order valence-electron chi connectivity index (χ1n) is 4.62. The van der Waals surface area contributed by atoms with E-state index in [-0.39, 0.29) is 5.03 Å². The molecular weight excluding hydrogens is 226 g/mol. The molecule has 0 N–H and O–H groups in total. The fourth-order valence-electron chi connectivity index (χ4n) is 1.55. The molecule has 86 valence electrons. The topological polar surface area (TPSA) is 60.7 Å². The standard InChI is InChI=1S/C10H12N3O2S/c1-12(14)9-8-6-4-5-7-13(8)11-10(9)16(2,3)15/h4-7H,2H2,1,3H3/q-1. The Morgan fingerprint density at radius 1 is 1.56 bits per heavy atom. The molecule has 2 aromatic heterocycles. The van der Waals surface area contributed by atoms with Crippen molar-refractivity contribution in [3.8, 4) is 0 Å². The van der Waals surface area contributed by atoms with Gasteiger partial charge in [0.25, 0.3) is 0 Å². The van der Waals surface area contributed by atoms with Crippen molar-refractivity contribution in [2.75, 3.05) is 18.4 Å². The molecule has 6 heteroatoms. The van der Waals surface area contributed by atoms with Crippen LogP contribution < -0.4 is 5.06 Å². The van der Waals surface area contributed by atoms with Gasteiger partial charge in [-0.3, -0.25) is 4.21 Å². The quantitative estimate of drug-likeness (QED) is 0.578. The van der Waals surface area contributed by atoms with Gasteiger partial charge in [0.2, 0.25) is 0 Å². The van der Waals surface area contributed by atoms with Crippen LogP contribution in [0.25, 0.3) is 5.52 Å². The molecule has 2 aromatic rings. The minimum Gasteiger partial charge on any atom is -0.758 e. The summed E-state index contributed by atoms with van der Waals surface area (Å²) in [5.41, 5.74) is 0.955. The average Bonchev–Trinajstić information content (AvgIpc) is 2.55. The van der Waals surface area contributed by atoms with E-state index in [1.54, 1.807) is 24.4 Å². The number of nitrogens with zero attached hydrogens (tertiary/aromatic N) is 3. The smallest absolute Gasteiger partial charge is 0.164 e. The molecule has 0 aliphatic heterocycles. The minimum atomic E-state index is -2.51. The van der Waals surface area contributed by atoms with E-state index in [0.29, 0.717) is 16.3 Å². The molecule has 0 spiro atoms. The summed E-state index contributed by atoms with van der Waals surface area (Å²) in [6.45, 7) is 0. The molecule has 16 heavy (non-hydrogen) atoms. The number of pyridine rings is 1. The maximum Gasteiger partial charge on any atom is 0.164 e. The first kappa shape index (κ1) is 11.0. The third-order valence-electron chi connectivity index (χ3n) is 2.21. The lowest BCUT2D eigenvalue weighted by Gasteiger charge is -2.24. The zero-order chi connectivity index (χ0) is 11.9. The van der Waals surface area contributed by atoms with E-state index in [0.717, 1.165) is 0 Å². The highest BCUT2D eigenvalue weighted by atomic mass is 32.2. The minimum absolute atomic E-state index is 0.246. The summed E-state index contributed by atoms with van der Waals surface area (Å²) in [4.78, 5) is 0. The highest BCUT2D eigenvalue weighted by Crippen LogP contribution is 2.28. The van der Waals surface area contributed by atoms with Gasteiger partial charge >= 0.3 is 0 Å². The van der Waals surface area contributed by atoms with Crippen molar-refractivity contribution in [3.63, 3.8) is 0 Å². The molecular formula is C10H12N3O2S-. The third kappa shape index (κ3) is 1.66. The van der Waals surface area contributed by atoms with Gasteiger partial charge in [0, 0.05) is 22.0 Å². The van der Waals surface area contributed by atoms with Crippen LogP contribution in [0.1, 0.15) is 0 Å². The molecule has 0 saturated heterocycles. The van der Waals surface area contributed by atoms with E-state index in [9.17, 15) is 9.42 Å². The van der Waals surface area contributed by atoms with Gasteiger partial charge in [-0.15, -0.1) is 0 Å². The van der Waals surface area contributed by atoms with Crippen molar-refractivity contribution in [1.82, 2.24) is 9.61 Å². The number of rotatable bonds is 2. The zero-order valence-electron chi connectivity index (χ0n) is 9.08. The van der Waals surface area contributed by atoms with Crippen LogP contribution in [0.5, 0.6) is 0 Å². The second-order valence-electron chi connectivity index (χ2n) is 3.69. The first-order chi connectivity index (χ1) is 7.41. The Bertz CT molecular complexity index is 629. The summed E-state index contributed by atoms with van der Waals surface area (Å²) in [5, 5.41) is 16.6. The van der Waals surface area contributed by atoms with Crippen LogP contribution in [-0.4, -0.2) is 33.0 Å². The predicted molar refractivity (Wildman–Crippen MR) is 66.4 cm³/mol. The molecule has 2 heterocycles. The lowest BCUT2D eigenvalue weighted by molar-refractivity contribution is 0.680.